The quantitative estimate of drug-likeness (QED) is 0.419. The fraction of sp³-hybridized carbons (Fsp3) is 0.360. The minimum Gasteiger partial charge on any atom is -0.0651 e. The third-order valence-corrected chi connectivity index (χ3v) is 3.14. The summed E-state index contributed by atoms with van der Waals surface area (Å²) in [5.74, 6) is 1.72. The summed E-state index contributed by atoms with van der Waals surface area (Å²) in [6.45, 7) is 13.1. The molecular weight excluding hydrogens is 300 g/mol. The van der Waals surface area contributed by atoms with E-state index in [9.17, 15) is 0 Å². The summed E-state index contributed by atoms with van der Waals surface area (Å²) in [7, 11) is 0. The van der Waals surface area contributed by atoms with Gasteiger partial charge in [-0.3, -0.25) is 0 Å². The molecule has 136 valence electrons. The van der Waals surface area contributed by atoms with E-state index in [0.717, 1.165) is 11.8 Å². The molecule has 0 fully saturated rings. The van der Waals surface area contributed by atoms with E-state index in [-0.39, 0.29) is 0 Å². The lowest BCUT2D eigenvalue weighted by Gasteiger charge is -1.92. The molecular formula is C25H36. The molecule has 3 aromatic carbocycles. The van der Waals surface area contributed by atoms with Gasteiger partial charge in [0.05, 0.1) is 0 Å². The van der Waals surface area contributed by atoms with E-state index in [1.807, 2.05) is 36.4 Å². The fourth-order valence-corrected chi connectivity index (χ4v) is 1.52. The lowest BCUT2D eigenvalue weighted by Crippen LogP contribution is -1.77. The van der Waals surface area contributed by atoms with Crippen molar-refractivity contribution < 1.29 is 0 Å². The van der Waals surface area contributed by atoms with Gasteiger partial charge in [-0.1, -0.05) is 133 Å². The van der Waals surface area contributed by atoms with E-state index in [0.29, 0.717) is 0 Å². The monoisotopic (exact) mass is 336 g/mol. The molecule has 0 heterocycles. The highest BCUT2D eigenvalue weighted by atomic mass is 13.9. The van der Waals surface area contributed by atoms with Crippen molar-refractivity contribution in [3.63, 3.8) is 0 Å². The van der Waals surface area contributed by atoms with Crippen molar-refractivity contribution in [2.75, 3.05) is 0 Å². The van der Waals surface area contributed by atoms with E-state index in [2.05, 4.69) is 90.1 Å². The van der Waals surface area contributed by atoms with Gasteiger partial charge in [0.25, 0.3) is 0 Å². The molecule has 0 unspecified atom stereocenters. The molecule has 0 saturated heterocycles. The first-order valence-corrected chi connectivity index (χ1v) is 9.41. The molecule has 0 saturated carbocycles. The van der Waals surface area contributed by atoms with E-state index in [1.54, 1.807) is 0 Å². The first-order chi connectivity index (χ1) is 12.0. The summed E-state index contributed by atoms with van der Waals surface area (Å²) in [4.78, 5) is 0. The molecule has 0 aliphatic heterocycles. The van der Waals surface area contributed by atoms with Gasteiger partial charge in [-0.05, 0) is 22.6 Å². The predicted octanol–water partition coefficient (Wildman–Crippen LogP) is 8.24. The number of fused-ring (bicyclic) bond motifs is 1. The zero-order valence-corrected chi connectivity index (χ0v) is 16.9. The van der Waals surface area contributed by atoms with Crippen molar-refractivity contribution in [3.05, 3.63) is 84.9 Å². The van der Waals surface area contributed by atoms with Crippen molar-refractivity contribution >= 4 is 10.8 Å². The van der Waals surface area contributed by atoms with Crippen LogP contribution < -0.4 is 0 Å². The average Bonchev–Trinajstić information content (AvgIpc) is 2.64. The summed E-state index contributed by atoms with van der Waals surface area (Å²) in [6, 6.07) is 28.7. The average molecular weight is 337 g/mol. The topological polar surface area (TPSA) is 0 Å². The van der Waals surface area contributed by atoms with Crippen LogP contribution in [-0.2, 0) is 0 Å². The fourth-order valence-electron chi connectivity index (χ4n) is 1.52. The molecule has 0 aromatic heterocycles. The standard InChI is InChI=1S/C10H8.C6H6.C5H12.C4H10/c1-2-6-10-8-4-3-7-9(10)5-1;1-2-4-6-5-3-1;1-4-5(2)3;1-4(2)3/h1-8H;1-6H;5H,4H2,1-3H3;4H,1-3H3. The van der Waals surface area contributed by atoms with Gasteiger partial charge in [-0.25, -0.2) is 0 Å². The SMILES string of the molecule is CC(C)C.CCC(C)C.c1ccc2ccccc2c1.c1ccccc1. The van der Waals surface area contributed by atoms with Crippen molar-refractivity contribution in [1.29, 1.82) is 0 Å². The first kappa shape index (κ1) is 22.9. The van der Waals surface area contributed by atoms with Crippen LogP contribution in [0.4, 0.5) is 0 Å². The molecule has 0 amide bonds. The Hall–Kier alpha value is -2.08. The van der Waals surface area contributed by atoms with Crippen LogP contribution in [0.15, 0.2) is 84.9 Å². The number of hydrogen-bond donors (Lipinski definition) is 0. The minimum absolute atomic E-state index is 0.833. The van der Waals surface area contributed by atoms with Crippen molar-refractivity contribution in [1.82, 2.24) is 0 Å². The summed E-state index contributed by atoms with van der Waals surface area (Å²) in [5, 5.41) is 2.62. The smallest absolute Gasteiger partial charge is 0.0184 e. The molecule has 0 heteroatoms. The van der Waals surface area contributed by atoms with Crippen molar-refractivity contribution in [2.24, 2.45) is 11.8 Å². The first-order valence-electron chi connectivity index (χ1n) is 9.41. The molecule has 0 aliphatic carbocycles. The van der Waals surface area contributed by atoms with Gasteiger partial charge >= 0.3 is 0 Å². The highest BCUT2D eigenvalue weighted by Gasteiger charge is 1.85. The number of benzene rings is 3. The van der Waals surface area contributed by atoms with E-state index in [1.165, 1.54) is 17.2 Å². The molecule has 0 bridgehead atoms. The van der Waals surface area contributed by atoms with Crippen LogP contribution in [0.2, 0.25) is 0 Å². The van der Waals surface area contributed by atoms with Crippen LogP contribution in [0.3, 0.4) is 0 Å². The zero-order valence-electron chi connectivity index (χ0n) is 16.9. The molecule has 0 N–H and O–H groups in total. The lowest BCUT2D eigenvalue weighted by molar-refractivity contribution is 0.626. The molecule has 0 aliphatic rings. The number of rotatable bonds is 1. The van der Waals surface area contributed by atoms with Gasteiger partial charge in [-0.2, -0.15) is 0 Å². The van der Waals surface area contributed by atoms with Crippen LogP contribution in [-0.4, -0.2) is 0 Å². The molecule has 0 radical (unpaired) electrons. The Kier molecular flexibility index (Phi) is 14.2. The van der Waals surface area contributed by atoms with Crippen LogP contribution in [0.25, 0.3) is 10.8 Å². The maximum Gasteiger partial charge on any atom is -0.0184 e. The van der Waals surface area contributed by atoms with E-state index in [4.69, 9.17) is 0 Å². The normalized spacial score (nSPS) is 9.28. The lowest BCUT2D eigenvalue weighted by atomic mass is 10.1. The van der Waals surface area contributed by atoms with Gasteiger partial charge in [0, 0.05) is 0 Å². The second-order valence-corrected chi connectivity index (χ2v) is 7.04. The molecule has 0 spiro atoms. The number of hydrogen-bond acceptors (Lipinski definition) is 0. The van der Waals surface area contributed by atoms with Crippen LogP contribution in [0.1, 0.15) is 48.0 Å². The van der Waals surface area contributed by atoms with Crippen molar-refractivity contribution in [3.8, 4) is 0 Å². The molecule has 0 nitrogen and oxygen atoms in total. The zero-order chi connectivity index (χ0) is 18.9. The Morgan fingerprint density at radius 2 is 0.720 bits per heavy atom. The largest absolute Gasteiger partial charge is 0.0651 e. The van der Waals surface area contributed by atoms with Crippen molar-refractivity contribution in [2.45, 2.75) is 48.0 Å². The molecule has 3 rings (SSSR count). The third-order valence-electron chi connectivity index (χ3n) is 3.14. The minimum atomic E-state index is 0.833. The van der Waals surface area contributed by atoms with Gasteiger partial charge in [-0.15, -0.1) is 0 Å². The van der Waals surface area contributed by atoms with Gasteiger partial charge < -0.3 is 0 Å². The summed E-state index contributed by atoms with van der Waals surface area (Å²) >= 11 is 0. The Morgan fingerprint density at radius 1 is 0.520 bits per heavy atom. The van der Waals surface area contributed by atoms with E-state index < -0.39 is 0 Å². The Labute approximate surface area is 155 Å². The molecule has 3 aromatic rings. The molecule has 25 heavy (non-hydrogen) atoms. The summed E-state index contributed by atoms with van der Waals surface area (Å²) < 4.78 is 0. The van der Waals surface area contributed by atoms with Gasteiger partial charge in [0.2, 0.25) is 0 Å². The molecule has 0 atom stereocenters. The Morgan fingerprint density at radius 3 is 0.880 bits per heavy atom. The maximum absolute atomic E-state index is 2.22. The highest BCUT2D eigenvalue weighted by Crippen LogP contribution is 2.11. The highest BCUT2D eigenvalue weighted by molar-refractivity contribution is 5.81. The second-order valence-electron chi connectivity index (χ2n) is 7.04. The Bertz CT molecular complexity index is 529. The van der Waals surface area contributed by atoms with Crippen LogP contribution >= 0.6 is 0 Å². The van der Waals surface area contributed by atoms with Crippen LogP contribution in [0.5, 0.6) is 0 Å². The van der Waals surface area contributed by atoms with E-state index >= 15 is 0 Å². The predicted molar refractivity (Wildman–Crippen MR) is 116 cm³/mol. The summed E-state index contributed by atoms with van der Waals surface area (Å²) in [6.07, 6.45) is 1.31. The summed E-state index contributed by atoms with van der Waals surface area (Å²) in [5.41, 5.74) is 0. The maximum atomic E-state index is 2.22. The Balaban J connectivity index is 0.000000334. The third kappa shape index (κ3) is 15.2. The second kappa shape index (κ2) is 15.4. The van der Waals surface area contributed by atoms with Crippen LogP contribution in [0, 0.1) is 11.8 Å². The van der Waals surface area contributed by atoms with Gasteiger partial charge in [0.15, 0.2) is 0 Å². The van der Waals surface area contributed by atoms with Gasteiger partial charge in [0.1, 0.15) is 0 Å².